The molecule has 4 rings (SSSR count). The fourth-order valence-corrected chi connectivity index (χ4v) is 6.68. The van der Waals surface area contributed by atoms with Crippen molar-refractivity contribution in [1.82, 2.24) is 19.3 Å². The maximum atomic E-state index is 14.6. The van der Waals surface area contributed by atoms with Gasteiger partial charge in [-0.25, -0.2) is 14.1 Å². The molecule has 3 heterocycles. The Kier molecular flexibility index (Phi) is 9.46. The van der Waals surface area contributed by atoms with Crippen molar-refractivity contribution in [1.29, 1.82) is 0 Å². The highest BCUT2D eigenvalue weighted by molar-refractivity contribution is 7.87. The number of pyridine rings is 1. The Morgan fingerprint density at radius 2 is 1.90 bits per heavy atom. The number of hydrogen-bond donors (Lipinski definition) is 2. The van der Waals surface area contributed by atoms with Crippen LogP contribution in [0.4, 0.5) is 10.2 Å². The van der Waals surface area contributed by atoms with E-state index in [0.717, 1.165) is 6.42 Å². The molecule has 2 saturated heterocycles. The molecule has 42 heavy (non-hydrogen) atoms. The predicted molar refractivity (Wildman–Crippen MR) is 160 cm³/mol. The summed E-state index contributed by atoms with van der Waals surface area (Å²) in [5.74, 6) is -0.262. The molecule has 2 aliphatic rings. The van der Waals surface area contributed by atoms with Gasteiger partial charge in [-0.1, -0.05) is 20.8 Å². The maximum Gasteiger partial charge on any atom is 0.304 e. The van der Waals surface area contributed by atoms with Gasteiger partial charge in [0.1, 0.15) is 17.4 Å². The molecule has 2 unspecified atom stereocenters. The number of benzene rings is 1. The highest BCUT2D eigenvalue weighted by Gasteiger charge is 2.41. The first-order valence-corrected chi connectivity index (χ1v) is 15.9. The molecule has 2 atom stereocenters. The van der Waals surface area contributed by atoms with E-state index >= 15 is 0 Å². The molecule has 0 bridgehead atoms. The normalized spacial score (nSPS) is 20.9. The minimum absolute atomic E-state index is 0.0731. The van der Waals surface area contributed by atoms with Crippen LogP contribution in [0.1, 0.15) is 71.2 Å². The number of carbonyl (C=O) groups is 2. The lowest BCUT2D eigenvalue weighted by Crippen LogP contribution is -2.53. The average Bonchev–Trinajstić information content (AvgIpc) is 3.17. The second-order valence-electron chi connectivity index (χ2n) is 12.3. The van der Waals surface area contributed by atoms with Crippen molar-refractivity contribution in [3.63, 3.8) is 0 Å². The number of nitrogens with one attached hydrogen (secondary N) is 2. The molecule has 10 nitrogen and oxygen atoms in total. The topological polar surface area (TPSA) is 121 Å². The van der Waals surface area contributed by atoms with Crippen LogP contribution in [0.5, 0.6) is 5.75 Å². The quantitative estimate of drug-likeness (QED) is 0.442. The number of piperidine rings is 1. The third-order valence-electron chi connectivity index (χ3n) is 8.17. The Balaban J connectivity index is 1.68. The number of hydrogen-bond acceptors (Lipinski definition) is 7. The summed E-state index contributed by atoms with van der Waals surface area (Å²) in [7, 11) is -4.20. The Hall–Kier alpha value is -3.25. The number of aromatic nitrogens is 1. The van der Waals surface area contributed by atoms with E-state index in [2.05, 4.69) is 30.8 Å². The largest absolute Gasteiger partial charge is 0.493 e. The van der Waals surface area contributed by atoms with Crippen LogP contribution in [0, 0.1) is 17.7 Å². The van der Waals surface area contributed by atoms with E-state index in [1.165, 1.54) is 29.4 Å². The van der Waals surface area contributed by atoms with Crippen LogP contribution in [0.15, 0.2) is 30.3 Å². The van der Waals surface area contributed by atoms with Crippen LogP contribution in [0.3, 0.4) is 0 Å². The Bertz CT molecular complexity index is 1430. The summed E-state index contributed by atoms with van der Waals surface area (Å²) in [6, 6.07) is 7.19. The minimum Gasteiger partial charge on any atom is -0.493 e. The van der Waals surface area contributed by atoms with Crippen LogP contribution in [-0.2, 0) is 15.0 Å². The molecule has 2 amide bonds. The number of halogens is 1. The molecule has 2 aromatic rings. The molecule has 0 radical (unpaired) electrons. The Morgan fingerprint density at radius 3 is 2.55 bits per heavy atom. The molecule has 1 aromatic heterocycles. The third kappa shape index (κ3) is 7.20. The van der Waals surface area contributed by atoms with Crippen molar-refractivity contribution in [2.24, 2.45) is 11.8 Å². The lowest BCUT2D eigenvalue weighted by atomic mass is 9.90. The number of rotatable bonds is 9. The summed E-state index contributed by atoms with van der Waals surface area (Å²) in [6.07, 6.45) is 2.07. The van der Waals surface area contributed by atoms with Crippen LogP contribution >= 0.6 is 0 Å². The number of nitrogens with zero attached hydrogens (tertiary/aromatic N) is 3. The van der Waals surface area contributed by atoms with Crippen molar-refractivity contribution in [2.75, 3.05) is 31.1 Å². The second kappa shape index (κ2) is 12.5. The van der Waals surface area contributed by atoms with Crippen molar-refractivity contribution in [2.45, 2.75) is 72.4 Å². The molecule has 0 spiro atoms. The first kappa shape index (κ1) is 31.7. The van der Waals surface area contributed by atoms with E-state index in [9.17, 15) is 22.4 Å². The smallest absolute Gasteiger partial charge is 0.304 e. The number of amides is 2. The molecule has 0 aliphatic carbocycles. The van der Waals surface area contributed by atoms with Gasteiger partial charge in [0, 0.05) is 49.8 Å². The van der Waals surface area contributed by atoms with Gasteiger partial charge in [0.15, 0.2) is 0 Å². The SMILES string of the molecule is CC(=O)NC1CCCN(S(=O)(=O)NC(=O)c2ccc(-c3cc(F)cc(OCC(C)C)c3)nc2N2CCC(C)C2(C)C)C1. The fraction of sp³-hybridized carbons (Fsp3) is 0.567. The van der Waals surface area contributed by atoms with Crippen LogP contribution in [0.2, 0.25) is 0 Å². The van der Waals surface area contributed by atoms with Crippen molar-refractivity contribution in [3.8, 4) is 17.0 Å². The molecule has 230 valence electrons. The lowest BCUT2D eigenvalue weighted by molar-refractivity contribution is -0.119. The zero-order valence-electron chi connectivity index (χ0n) is 25.2. The van der Waals surface area contributed by atoms with Gasteiger partial charge in [0.2, 0.25) is 5.91 Å². The predicted octanol–water partition coefficient (Wildman–Crippen LogP) is 4.12. The monoisotopic (exact) mass is 603 g/mol. The molecule has 2 aliphatic heterocycles. The summed E-state index contributed by atoms with van der Waals surface area (Å²) in [5.41, 5.74) is 0.651. The van der Waals surface area contributed by atoms with Crippen LogP contribution in [0.25, 0.3) is 11.3 Å². The zero-order chi connectivity index (χ0) is 30.8. The van der Waals surface area contributed by atoms with Crippen molar-refractivity contribution in [3.05, 3.63) is 41.7 Å². The molecule has 2 N–H and O–H groups in total. The van der Waals surface area contributed by atoms with E-state index in [4.69, 9.17) is 9.72 Å². The van der Waals surface area contributed by atoms with Crippen LogP contribution in [-0.4, -0.2) is 67.3 Å². The number of anilines is 1. The fourth-order valence-electron chi connectivity index (χ4n) is 5.46. The maximum absolute atomic E-state index is 14.6. The summed E-state index contributed by atoms with van der Waals surface area (Å²) in [4.78, 5) is 32.0. The zero-order valence-corrected chi connectivity index (χ0v) is 26.1. The summed E-state index contributed by atoms with van der Waals surface area (Å²) in [5, 5.41) is 2.76. The Labute approximate surface area is 248 Å². The average molecular weight is 604 g/mol. The van der Waals surface area contributed by atoms with E-state index in [0.29, 0.717) is 48.8 Å². The van der Waals surface area contributed by atoms with Gasteiger partial charge < -0.3 is 15.0 Å². The van der Waals surface area contributed by atoms with Crippen LogP contribution < -0.4 is 19.7 Å². The van der Waals surface area contributed by atoms with E-state index in [1.54, 1.807) is 12.1 Å². The van der Waals surface area contributed by atoms with Gasteiger partial charge in [-0.05, 0) is 69.2 Å². The summed E-state index contributed by atoms with van der Waals surface area (Å²) < 4.78 is 50.3. The molecular weight excluding hydrogens is 561 g/mol. The molecule has 2 fully saturated rings. The summed E-state index contributed by atoms with van der Waals surface area (Å²) in [6.45, 7) is 13.0. The summed E-state index contributed by atoms with van der Waals surface area (Å²) >= 11 is 0. The first-order valence-electron chi connectivity index (χ1n) is 14.5. The number of carbonyl (C=O) groups excluding carboxylic acids is 2. The van der Waals surface area contributed by atoms with Crippen molar-refractivity contribution >= 4 is 27.8 Å². The van der Waals surface area contributed by atoms with E-state index in [-0.39, 0.29) is 48.0 Å². The third-order valence-corrected chi connectivity index (χ3v) is 9.62. The second-order valence-corrected chi connectivity index (χ2v) is 13.9. The van der Waals surface area contributed by atoms with Gasteiger partial charge in [-0.3, -0.25) is 9.59 Å². The van der Waals surface area contributed by atoms with E-state index < -0.39 is 21.9 Å². The highest BCUT2D eigenvalue weighted by Crippen LogP contribution is 2.39. The van der Waals surface area contributed by atoms with Gasteiger partial charge in [0.05, 0.1) is 17.9 Å². The van der Waals surface area contributed by atoms with Gasteiger partial charge >= 0.3 is 10.2 Å². The first-order chi connectivity index (χ1) is 19.7. The van der Waals surface area contributed by atoms with Gasteiger partial charge in [0.25, 0.3) is 5.91 Å². The molecule has 12 heteroatoms. The number of ether oxygens (including phenoxy) is 1. The molecule has 1 aromatic carbocycles. The standard InChI is InChI=1S/C30H42FN5O5S/c1-19(2)18-41-25-15-22(14-23(31)16-25)27-10-9-26(28(33-27)36-13-11-20(3)30(36,5)6)29(38)34-42(39,40)35-12-7-8-24(17-35)32-21(4)37/h9-10,14-16,19-20,24H,7-8,11-13,17-18H2,1-6H3,(H,32,37)(H,34,38). The minimum atomic E-state index is -4.20. The Morgan fingerprint density at radius 1 is 1.17 bits per heavy atom. The van der Waals surface area contributed by atoms with E-state index in [1.807, 2.05) is 18.7 Å². The van der Waals surface area contributed by atoms with Gasteiger partial charge in [-0.15, -0.1) is 0 Å². The highest BCUT2D eigenvalue weighted by atomic mass is 32.2. The van der Waals surface area contributed by atoms with Crippen molar-refractivity contribution < 1.29 is 27.1 Å². The molecule has 0 saturated carbocycles. The molecular formula is C30H42FN5O5S. The lowest BCUT2D eigenvalue weighted by Gasteiger charge is -2.37. The van der Waals surface area contributed by atoms with Gasteiger partial charge in [-0.2, -0.15) is 12.7 Å².